The minimum Gasteiger partial charge on any atom is -0.311 e. The summed E-state index contributed by atoms with van der Waals surface area (Å²) in [5.74, 6) is 0. The molecule has 7 nitrogen and oxygen atoms in total. The highest BCUT2D eigenvalue weighted by Gasteiger charge is 2.16. The first-order valence-corrected chi connectivity index (χ1v) is 8.87. The van der Waals surface area contributed by atoms with Crippen LogP contribution in [0.15, 0.2) is 53.4 Å². The number of benzene rings is 2. The third kappa shape index (κ3) is 5.12. The number of hydrogen-bond donors (Lipinski definition) is 2. The molecule has 0 atom stereocenters. The van der Waals surface area contributed by atoms with Gasteiger partial charge in [0.05, 0.1) is 9.82 Å². The molecule has 24 heavy (non-hydrogen) atoms. The average Bonchev–Trinajstić information content (AvgIpc) is 2.54. The lowest BCUT2D eigenvalue weighted by Gasteiger charge is -2.08. The Morgan fingerprint density at radius 2 is 1.83 bits per heavy atom. The average molecular weight is 349 g/mol. The first kappa shape index (κ1) is 18.1. The Bertz CT molecular complexity index is 822. The van der Waals surface area contributed by atoms with E-state index in [1.165, 1.54) is 23.8 Å². The van der Waals surface area contributed by atoms with Gasteiger partial charge in [0.1, 0.15) is 0 Å². The van der Waals surface area contributed by atoms with Crippen molar-refractivity contribution in [3.05, 3.63) is 69.8 Å². The van der Waals surface area contributed by atoms with Gasteiger partial charge in [-0.3, -0.25) is 10.1 Å². The van der Waals surface area contributed by atoms with Gasteiger partial charge in [-0.15, -0.1) is 0 Å². The number of nitro groups is 1. The molecule has 0 saturated heterocycles. The Morgan fingerprint density at radius 3 is 2.54 bits per heavy atom. The lowest BCUT2D eigenvalue weighted by molar-refractivity contribution is -0.385. The van der Waals surface area contributed by atoms with Crippen LogP contribution in [0.3, 0.4) is 0 Å². The molecule has 2 N–H and O–H groups in total. The second kappa shape index (κ2) is 8.00. The summed E-state index contributed by atoms with van der Waals surface area (Å²) in [7, 11) is -3.76. The van der Waals surface area contributed by atoms with E-state index in [0.717, 1.165) is 11.6 Å². The van der Waals surface area contributed by atoms with Crippen LogP contribution in [0, 0.1) is 17.0 Å². The molecule has 0 fully saturated rings. The number of nitro benzene ring substituents is 1. The van der Waals surface area contributed by atoms with Gasteiger partial charge in [-0.2, -0.15) is 0 Å². The van der Waals surface area contributed by atoms with Gasteiger partial charge in [-0.25, -0.2) is 13.1 Å². The molecule has 0 radical (unpaired) electrons. The van der Waals surface area contributed by atoms with E-state index in [9.17, 15) is 18.5 Å². The minimum absolute atomic E-state index is 0.115. The predicted molar refractivity (Wildman–Crippen MR) is 91.2 cm³/mol. The van der Waals surface area contributed by atoms with E-state index < -0.39 is 14.9 Å². The van der Waals surface area contributed by atoms with E-state index >= 15 is 0 Å². The smallest absolute Gasteiger partial charge is 0.270 e. The summed E-state index contributed by atoms with van der Waals surface area (Å²) in [6, 6.07) is 13.0. The zero-order valence-corrected chi connectivity index (χ0v) is 14.0. The molecule has 0 unspecified atom stereocenters. The van der Waals surface area contributed by atoms with E-state index in [0.29, 0.717) is 13.1 Å². The monoisotopic (exact) mass is 349 g/mol. The maximum absolute atomic E-state index is 12.1. The first-order chi connectivity index (χ1) is 11.4. The van der Waals surface area contributed by atoms with E-state index in [1.54, 1.807) is 0 Å². The van der Waals surface area contributed by atoms with Crippen LogP contribution in [0.5, 0.6) is 0 Å². The quantitative estimate of drug-likeness (QED) is 0.431. The second-order valence-electron chi connectivity index (χ2n) is 5.32. The van der Waals surface area contributed by atoms with Gasteiger partial charge in [0.2, 0.25) is 10.0 Å². The van der Waals surface area contributed by atoms with Gasteiger partial charge < -0.3 is 5.32 Å². The first-order valence-electron chi connectivity index (χ1n) is 7.39. The Labute approximate surface area is 140 Å². The van der Waals surface area contributed by atoms with Crippen molar-refractivity contribution in [2.45, 2.75) is 18.4 Å². The molecular formula is C16H19N3O4S. The summed E-state index contributed by atoms with van der Waals surface area (Å²) in [6.07, 6.45) is 0. The molecule has 0 aliphatic heterocycles. The van der Waals surface area contributed by atoms with Crippen molar-refractivity contribution >= 4 is 15.7 Å². The highest BCUT2D eigenvalue weighted by molar-refractivity contribution is 7.89. The Hall–Kier alpha value is -2.29. The van der Waals surface area contributed by atoms with Crippen LogP contribution in [-0.2, 0) is 16.6 Å². The molecule has 0 aromatic heterocycles. The fourth-order valence-electron chi connectivity index (χ4n) is 2.18. The molecule has 2 rings (SSSR count). The fraction of sp³-hybridized carbons (Fsp3) is 0.250. The maximum atomic E-state index is 12.1. The van der Waals surface area contributed by atoms with Crippen LogP contribution in [0.1, 0.15) is 11.1 Å². The van der Waals surface area contributed by atoms with Crippen molar-refractivity contribution in [1.82, 2.24) is 10.0 Å². The number of aryl methyl sites for hydroxylation is 1. The molecule has 0 amide bonds. The zero-order chi connectivity index (χ0) is 17.6. The highest BCUT2D eigenvalue weighted by Crippen LogP contribution is 2.16. The molecule has 0 spiro atoms. The largest absolute Gasteiger partial charge is 0.311 e. The van der Waals surface area contributed by atoms with Crippen molar-refractivity contribution in [3.8, 4) is 0 Å². The van der Waals surface area contributed by atoms with Crippen LogP contribution in [0.2, 0.25) is 0 Å². The minimum atomic E-state index is -3.76. The van der Waals surface area contributed by atoms with Gasteiger partial charge in [0, 0.05) is 31.8 Å². The predicted octanol–water partition coefficient (Wildman–Crippen LogP) is 1.97. The van der Waals surface area contributed by atoms with Crippen LogP contribution in [0.4, 0.5) is 5.69 Å². The molecule has 0 aliphatic rings. The number of rotatable bonds is 8. The lowest BCUT2D eigenvalue weighted by atomic mass is 10.1. The summed E-state index contributed by atoms with van der Waals surface area (Å²) < 4.78 is 26.7. The van der Waals surface area contributed by atoms with E-state index in [-0.39, 0.29) is 17.1 Å². The van der Waals surface area contributed by atoms with Crippen molar-refractivity contribution in [2.75, 3.05) is 13.1 Å². The molecule has 8 heteroatoms. The normalized spacial score (nSPS) is 11.4. The number of non-ortho nitro benzene ring substituents is 1. The van der Waals surface area contributed by atoms with Crippen LogP contribution in [-0.4, -0.2) is 26.4 Å². The van der Waals surface area contributed by atoms with Crippen molar-refractivity contribution in [2.24, 2.45) is 0 Å². The maximum Gasteiger partial charge on any atom is 0.270 e. The fourth-order valence-corrected chi connectivity index (χ4v) is 3.25. The molecular weight excluding hydrogens is 330 g/mol. The van der Waals surface area contributed by atoms with E-state index in [1.807, 2.05) is 25.1 Å². The van der Waals surface area contributed by atoms with Crippen LogP contribution in [0.25, 0.3) is 0 Å². The van der Waals surface area contributed by atoms with Crippen LogP contribution < -0.4 is 10.0 Å². The van der Waals surface area contributed by atoms with Gasteiger partial charge >= 0.3 is 0 Å². The lowest BCUT2D eigenvalue weighted by Crippen LogP contribution is -2.31. The topological polar surface area (TPSA) is 101 Å². The molecule has 128 valence electrons. The highest BCUT2D eigenvalue weighted by atomic mass is 32.2. The van der Waals surface area contributed by atoms with E-state index in [4.69, 9.17) is 0 Å². The molecule has 0 bridgehead atoms. The summed E-state index contributed by atoms with van der Waals surface area (Å²) in [5.41, 5.74) is 2.03. The van der Waals surface area contributed by atoms with Crippen molar-refractivity contribution in [3.63, 3.8) is 0 Å². The molecule has 0 heterocycles. The van der Waals surface area contributed by atoms with Gasteiger partial charge in [-0.05, 0) is 18.6 Å². The molecule has 2 aromatic carbocycles. The molecule has 0 saturated carbocycles. The van der Waals surface area contributed by atoms with Gasteiger partial charge in [0.15, 0.2) is 0 Å². The third-order valence-electron chi connectivity index (χ3n) is 3.34. The second-order valence-corrected chi connectivity index (χ2v) is 7.09. The Balaban J connectivity index is 1.85. The van der Waals surface area contributed by atoms with Crippen molar-refractivity contribution in [1.29, 1.82) is 0 Å². The summed E-state index contributed by atoms with van der Waals surface area (Å²) in [5, 5.41) is 13.9. The Morgan fingerprint density at radius 1 is 1.08 bits per heavy atom. The Kier molecular flexibility index (Phi) is 6.02. The zero-order valence-electron chi connectivity index (χ0n) is 13.2. The number of nitrogens with zero attached hydrogens (tertiary/aromatic N) is 1. The van der Waals surface area contributed by atoms with Gasteiger partial charge in [0.25, 0.3) is 5.69 Å². The summed E-state index contributed by atoms with van der Waals surface area (Å²) in [4.78, 5) is 9.98. The number of nitrogens with one attached hydrogen (secondary N) is 2. The standard InChI is InChI=1S/C16H19N3O4S/c1-13-4-2-5-14(10-13)12-17-8-9-18-24(22,23)16-7-3-6-15(11-16)19(20)21/h2-7,10-11,17-18H,8-9,12H2,1H3. The SMILES string of the molecule is Cc1cccc(CNCCNS(=O)(=O)c2cccc([N+](=O)[O-])c2)c1. The molecule has 2 aromatic rings. The summed E-state index contributed by atoms with van der Waals surface area (Å²) >= 11 is 0. The summed E-state index contributed by atoms with van der Waals surface area (Å²) in [6.45, 7) is 3.29. The molecule has 0 aliphatic carbocycles. The number of hydrogen-bond acceptors (Lipinski definition) is 5. The van der Waals surface area contributed by atoms with E-state index in [2.05, 4.69) is 16.1 Å². The third-order valence-corrected chi connectivity index (χ3v) is 4.80. The number of sulfonamides is 1. The van der Waals surface area contributed by atoms with Crippen molar-refractivity contribution < 1.29 is 13.3 Å². The van der Waals surface area contributed by atoms with Crippen LogP contribution >= 0.6 is 0 Å². The van der Waals surface area contributed by atoms with Gasteiger partial charge in [-0.1, -0.05) is 35.9 Å².